The number of nitrogens with one attached hydrogen (secondary N) is 1. The van der Waals surface area contributed by atoms with Crippen LogP contribution in [0.1, 0.15) is 53.4 Å². The maximum absolute atomic E-state index is 5.95. The second-order valence-corrected chi connectivity index (χ2v) is 5.11. The van der Waals surface area contributed by atoms with Crippen LogP contribution in [0, 0.1) is 0 Å². The summed E-state index contributed by atoms with van der Waals surface area (Å²) >= 11 is 0. The highest BCUT2D eigenvalue weighted by Crippen LogP contribution is 2.29. The van der Waals surface area contributed by atoms with Crippen molar-refractivity contribution >= 4 is 11.4 Å². The molecule has 1 aromatic carbocycles. The topological polar surface area (TPSA) is 47.3 Å². The number of hydrogen-bond donors (Lipinski definition) is 2. The molecule has 0 fully saturated rings. The molecule has 0 spiro atoms. The smallest absolute Gasteiger partial charge is 0.123 e. The zero-order chi connectivity index (χ0) is 14.3. The number of hydrogen-bond acceptors (Lipinski definition) is 3. The molecule has 3 nitrogen and oxygen atoms in total. The fraction of sp³-hybridized carbons (Fsp3) is 0.625. The van der Waals surface area contributed by atoms with Gasteiger partial charge in [0.1, 0.15) is 5.75 Å². The van der Waals surface area contributed by atoms with E-state index in [4.69, 9.17) is 10.5 Å². The average molecular weight is 264 g/mol. The first kappa shape index (κ1) is 15.7. The van der Waals surface area contributed by atoms with Crippen molar-refractivity contribution in [1.29, 1.82) is 0 Å². The van der Waals surface area contributed by atoms with E-state index in [2.05, 4.69) is 33.0 Å². The molecule has 108 valence electrons. The monoisotopic (exact) mass is 264 g/mol. The number of anilines is 2. The second-order valence-electron chi connectivity index (χ2n) is 5.11. The van der Waals surface area contributed by atoms with E-state index in [1.165, 1.54) is 0 Å². The predicted octanol–water partition coefficient (Wildman–Crippen LogP) is 4.44. The van der Waals surface area contributed by atoms with Gasteiger partial charge >= 0.3 is 0 Å². The van der Waals surface area contributed by atoms with E-state index in [0.29, 0.717) is 0 Å². The van der Waals surface area contributed by atoms with Crippen molar-refractivity contribution in [1.82, 2.24) is 0 Å². The minimum atomic E-state index is 0.149. The largest absolute Gasteiger partial charge is 0.493 e. The maximum Gasteiger partial charge on any atom is 0.123 e. The second kappa shape index (κ2) is 7.27. The van der Waals surface area contributed by atoms with Gasteiger partial charge in [-0.2, -0.15) is 0 Å². The molecule has 0 saturated heterocycles. The number of ether oxygens (including phenoxy) is 1. The van der Waals surface area contributed by atoms with Gasteiger partial charge in [-0.1, -0.05) is 27.7 Å². The maximum atomic E-state index is 5.95. The van der Waals surface area contributed by atoms with Crippen molar-refractivity contribution in [3.63, 3.8) is 0 Å². The van der Waals surface area contributed by atoms with E-state index >= 15 is 0 Å². The van der Waals surface area contributed by atoms with Crippen LogP contribution in [0.2, 0.25) is 0 Å². The van der Waals surface area contributed by atoms with E-state index < -0.39 is 0 Å². The van der Waals surface area contributed by atoms with Crippen LogP contribution in [-0.4, -0.2) is 12.1 Å². The van der Waals surface area contributed by atoms with Crippen molar-refractivity contribution in [2.45, 2.75) is 58.9 Å². The first-order valence-electron chi connectivity index (χ1n) is 7.40. The molecule has 0 aromatic heterocycles. The third kappa shape index (κ3) is 4.34. The van der Waals surface area contributed by atoms with Gasteiger partial charge in [0.15, 0.2) is 0 Å². The summed E-state index contributed by atoms with van der Waals surface area (Å²) in [6.07, 6.45) is 4.29. The van der Waals surface area contributed by atoms with Crippen LogP contribution in [0.4, 0.5) is 11.4 Å². The van der Waals surface area contributed by atoms with Gasteiger partial charge in [0, 0.05) is 29.0 Å². The van der Waals surface area contributed by atoms with Gasteiger partial charge < -0.3 is 15.8 Å². The first-order valence-corrected chi connectivity index (χ1v) is 7.40. The van der Waals surface area contributed by atoms with Crippen LogP contribution < -0.4 is 15.8 Å². The molecule has 1 rings (SSSR count). The van der Waals surface area contributed by atoms with Crippen LogP contribution in [0.5, 0.6) is 5.75 Å². The fourth-order valence-corrected chi connectivity index (χ4v) is 2.32. The van der Waals surface area contributed by atoms with Gasteiger partial charge in [0.05, 0.1) is 6.61 Å². The molecule has 0 amide bonds. The summed E-state index contributed by atoms with van der Waals surface area (Å²) in [6, 6.07) is 5.91. The normalized spacial score (nSPS) is 11.4. The molecule has 0 aliphatic carbocycles. The highest BCUT2D eigenvalue weighted by Gasteiger charge is 2.23. The third-order valence-electron chi connectivity index (χ3n) is 3.84. The van der Waals surface area contributed by atoms with E-state index in [1.807, 2.05) is 18.2 Å². The zero-order valence-corrected chi connectivity index (χ0v) is 12.8. The molecule has 0 aliphatic heterocycles. The fourth-order valence-electron chi connectivity index (χ4n) is 2.32. The van der Waals surface area contributed by atoms with Crippen molar-refractivity contribution in [2.24, 2.45) is 0 Å². The Hall–Kier alpha value is -1.38. The molecule has 0 bridgehead atoms. The number of nitrogen functional groups attached to an aromatic ring is 1. The van der Waals surface area contributed by atoms with Gasteiger partial charge in [-0.3, -0.25) is 0 Å². The lowest BCUT2D eigenvalue weighted by Gasteiger charge is -2.33. The molecule has 3 N–H and O–H groups in total. The molecule has 0 aliphatic rings. The number of rotatable bonds is 8. The van der Waals surface area contributed by atoms with Crippen molar-refractivity contribution < 1.29 is 4.74 Å². The van der Waals surface area contributed by atoms with Crippen molar-refractivity contribution in [3.8, 4) is 5.75 Å². The van der Waals surface area contributed by atoms with Crippen molar-refractivity contribution in [3.05, 3.63) is 18.2 Å². The molecular formula is C16H28N2O. The molecule has 1 aromatic rings. The molecule has 0 atom stereocenters. The highest BCUT2D eigenvalue weighted by molar-refractivity contribution is 5.60. The summed E-state index contributed by atoms with van der Waals surface area (Å²) in [5.74, 6) is 0.849. The van der Waals surface area contributed by atoms with E-state index in [-0.39, 0.29) is 5.54 Å². The summed E-state index contributed by atoms with van der Waals surface area (Å²) in [5, 5.41) is 3.64. The van der Waals surface area contributed by atoms with Crippen molar-refractivity contribution in [2.75, 3.05) is 17.7 Å². The average Bonchev–Trinajstić information content (AvgIpc) is 2.42. The standard InChI is InChI=1S/C16H28N2O/c1-5-9-19-15-11-13(17)10-14(12-15)18-16(6-2,7-3)8-4/h10-12,18H,5-9,17H2,1-4H3. The Bertz CT molecular complexity index is 378. The quantitative estimate of drug-likeness (QED) is 0.682. The van der Waals surface area contributed by atoms with Gasteiger partial charge in [0.2, 0.25) is 0 Å². The number of nitrogens with two attached hydrogens (primary N) is 1. The predicted molar refractivity (Wildman–Crippen MR) is 83.9 cm³/mol. The zero-order valence-electron chi connectivity index (χ0n) is 12.8. The Morgan fingerprint density at radius 1 is 1.05 bits per heavy atom. The van der Waals surface area contributed by atoms with Crippen LogP contribution in [0.15, 0.2) is 18.2 Å². The van der Waals surface area contributed by atoms with Gasteiger partial charge in [-0.05, 0) is 31.7 Å². The Balaban J connectivity index is 2.90. The third-order valence-corrected chi connectivity index (χ3v) is 3.84. The number of benzene rings is 1. The summed E-state index contributed by atoms with van der Waals surface area (Å²) in [6.45, 7) is 9.49. The lowest BCUT2D eigenvalue weighted by Crippen LogP contribution is -2.36. The minimum Gasteiger partial charge on any atom is -0.493 e. The highest BCUT2D eigenvalue weighted by atomic mass is 16.5. The Morgan fingerprint density at radius 3 is 2.21 bits per heavy atom. The molecule has 3 heteroatoms. The summed E-state index contributed by atoms with van der Waals surface area (Å²) in [4.78, 5) is 0. The van der Waals surface area contributed by atoms with E-state index in [1.54, 1.807) is 0 Å². The Labute approximate surface area is 117 Å². The molecule has 0 saturated carbocycles. The van der Waals surface area contributed by atoms with Gasteiger partial charge in [0.25, 0.3) is 0 Å². The Kier molecular flexibility index (Phi) is 6.00. The van der Waals surface area contributed by atoms with E-state index in [0.717, 1.165) is 49.4 Å². The van der Waals surface area contributed by atoms with Crippen LogP contribution in [-0.2, 0) is 0 Å². The summed E-state index contributed by atoms with van der Waals surface area (Å²) in [5.41, 5.74) is 7.90. The van der Waals surface area contributed by atoms with Crippen LogP contribution >= 0.6 is 0 Å². The van der Waals surface area contributed by atoms with Gasteiger partial charge in [-0.15, -0.1) is 0 Å². The minimum absolute atomic E-state index is 0.149. The SMILES string of the molecule is CCCOc1cc(N)cc(NC(CC)(CC)CC)c1. The van der Waals surface area contributed by atoms with E-state index in [9.17, 15) is 0 Å². The molecule has 0 heterocycles. The lowest BCUT2D eigenvalue weighted by atomic mass is 9.89. The molecule has 0 radical (unpaired) electrons. The first-order chi connectivity index (χ1) is 9.09. The summed E-state index contributed by atoms with van der Waals surface area (Å²) < 4.78 is 5.67. The van der Waals surface area contributed by atoms with Crippen LogP contribution in [0.25, 0.3) is 0 Å². The molecule has 0 unspecified atom stereocenters. The molecular weight excluding hydrogens is 236 g/mol. The van der Waals surface area contributed by atoms with Gasteiger partial charge in [-0.25, -0.2) is 0 Å². The van der Waals surface area contributed by atoms with Crippen LogP contribution in [0.3, 0.4) is 0 Å². The molecule has 19 heavy (non-hydrogen) atoms. The summed E-state index contributed by atoms with van der Waals surface area (Å²) in [7, 11) is 0. The lowest BCUT2D eigenvalue weighted by molar-refractivity contribution is 0.317. The Morgan fingerprint density at radius 2 is 1.68 bits per heavy atom.